The third-order valence-electron chi connectivity index (χ3n) is 6.87. The molecule has 3 aliphatic rings. The highest BCUT2D eigenvalue weighted by atomic mass is 32.2. The molecule has 3 aromatic carbocycles. The maximum atomic E-state index is 14.6. The monoisotopic (exact) mass is 510 g/mol. The van der Waals surface area contributed by atoms with E-state index in [0.29, 0.717) is 11.4 Å². The molecule has 6 rings (SSSR count). The molecule has 8 heteroatoms. The van der Waals surface area contributed by atoms with E-state index in [-0.39, 0.29) is 11.3 Å². The molecule has 0 saturated carbocycles. The zero-order valence-electron chi connectivity index (χ0n) is 20.1. The van der Waals surface area contributed by atoms with Gasteiger partial charge in [-0.2, -0.15) is 0 Å². The molecule has 3 aromatic rings. The van der Waals surface area contributed by atoms with Gasteiger partial charge in [-0.05, 0) is 41.5 Å². The zero-order valence-corrected chi connectivity index (χ0v) is 20.9. The Balaban J connectivity index is 1.59. The smallest absolute Gasteiger partial charge is 0.337 e. The Morgan fingerprint density at radius 3 is 2.08 bits per heavy atom. The Bertz CT molecular complexity index is 1480. The molecule has 3 heterocycles. The van der Waals surface area contributed by atoms with Crippen LogP contribution in [0.4, 0.5) is 11.4 Å². The lowest BCUT2D eigenvalue weighted by molar-refractivity contribution is -0.148. The Morgan fingerprint density at radius 2 is 1.43 bits per heavy atom. The van der Waals surface area contributed by atoms with Crippen LogP contribution in [0.15, 0.2) is 100 Å². The molecule has 0 spiro atoms. The molecule has 0 aliphatic carbocycles. The highest BCUT2D eigenvalue weighted by Crippen LogP contribution is 2.52. The van der Waals surface area contributed by atoms with E-state index in [0.717, 1.165) is 20.9 Å². The van der Waals surface area contributed by atoms with Gasteiger partial charge in [0.05, 0.1) is 37.2 Å². The summed E-state index contributed by atoms with van der Waals surface area (Å²) in [6.45, 7) is 0. The van der Waals surface area contributed by atoms with Gasteiger partial charge in [0.2, 0.25) is 0 Å². The predicted octanol–water partition coefficient (Wildman–Crippen LogP) is 5.07. The standard InChI is InChI=1S/C29H22N2O5S/c1-35-28(33)23-24(29(34)36-2)26(30-16-15-17-9-3-4-10-18(17)25(23)30)27(32)31-19-11-5-7-13-21(19)37-22-14-8-6-12-20(22)31/h3-16,23,25H,1-2H3. The lowest BCUT2D eigenvalue weighted by atomic mass is 9.86. The Morgan fingerprint density at radius 1 is 0.811 bits per heavy atom. The SMILES string of the molecule is COC(=O)C1=C(C(=O)N2c3ccccc3Sc3ccccc32)N2C=Cc3ccccc3C2C1C(=O)OC. The van der Waals surface area contributed by atoms with Gasteiger partial charge in [0.1, 0.15) is 11.6 Å². The van der Waals surface area contributed by atoms with Gasteiger partial charge in [-0.15, -0.1) is 0 Å². The number of ether oxygens (including phenoxy) is 2. The molecule has 7 nitrogen and oxygen atoms in total. The minimum Gasteiger partial charge on any atom is -0.468 e. The van der Waals surface area contributed by atoms with Crippen LogP contribution < -0.4 is 4.90 Å². The molecule has 0 radical (unpaired) electrons. The second kappa shape index (κ2) is 8.97. The summed E-state index contributed by atoms with van der Waals surface area (Å²) >= 11 is 1.58. The molecule has 0 N–H and O–H groups in total. The van der Waals surface area contributed by atoms with Gasteiger partial charge in [0, 0.05) is 16.0 Å². The second-order valence-electron chi connectivity index (χ2n) is 8.73. The van der Waals surface area contributed by atoms with Crippen molar-refractivity contribution in [1.82, 2.24) is 4.90 Å². The fourth-order valence-corrected chi connectivity index (χ4v) is 6.35. The summed E-state index contributed by atoms with van der Waals surface area (Å²) in [5.74, 6) is -2.83. The van der Waals surface area contributed by atoms with E-state index < -0.39 is 29.8 Å². The zero-order chi connectivity index (χ0) is 25.7. The number of hydrogen-bond donors (Lipinski definition) is 0. The Kier molecular flexibility index (Phi) is 5.61. The van der Waals surface area contributed by atoms with Gasteiger partial charge < -0.3 is 14.4 Å². The number of fused-ring (bicyclic) bond motifs is 5. The molecule has 0 aromatic heterocycles. The van der Waals surface area contributed by atoms with Crippen LogP contribution in [0.5, 0.6) is 0 Å². The maximum Gasteiger partial charge on any atom is 0.337 e. The van der Waals surface area contributed by atoms with Crippen molar-refractivity contribution in [1.29, 1.82) is 0 Å². The third-order valence-corrected chi connectivity index (χ3v) is 8.00. The number of hydrogen-bond acceptors (Lipinski definition) is 7. The van der Waals surface area contributed by atoms with E-state index in [4.69, 9.17) is 9.47 Å². The number of methoxy groups -OCH3 is 2. The van der Waals surface area contributed by atoms with Crippen LogP contribution >= 0.6 is 11.8 Å². The van der Waals surface area contributed by atoms with E-state index in [2.05, 4.69) is 0 Å². The highest BCUT2D eigenvalue weighted by molar-refractivity contribution is 7.99. The third kappa shape index (κ3) is 3.48. The average Bonchev–Trinajstić information content (AvgIpc) is 3.30. The molecule has 1 amide bonds. The van der Waals surface area contributed by atoms with Crippen molar-refractivity contribution in [3.8, 4) is 0 Å². The van der Waals surface area contributed by atoms with Crippen LogP contribution in [-0.4, -0.2) is 37.0 Å². The van der Waals surface area contributed by atoms with Crippen LogP contribution in [0.2, 0.25) is 0 Å². The first-order chi connectivity index (χ1) is 18.0. The van der Waals surface area contributed by atoms with E-state index in [1.807, 2.05) is 78.9 Å². The quantitative estimate of drug-likeness (QED) is 0.455. The molecule has 3 aliphatic heterocycles. The van der Waals surface area contributed by atoms with E-state index in [1.165, 1.54) is 14.2 Å². The van der Waals surface area contributed by atoms with Gasteiger partial charge in [0.15, 0.2) is 0 Å². The number of rotatable bonds is 3. The largest absolute Gasteiger partial charge is 0.468 e. The topological polar surface area (TPSA) is 76.2 Å². The second-order valence-corrected chi connectivity index (χ2v) is 9.81. The van der Waals surface area contributed by atoms with Gasteiger partial charge in [-0.25, -0.2) is 4.79 Å². The fraction of sp³-hybridized carbons (Fsp3) is 0.138. The number of amides is 1. The molecular formula is C29H22N2O5S. The first-order valence-electron chi connectivity index (χ1n) is 11.7. The summed E-state index contributed by atoms with van der Waals surface area (Å²) in [6.07, 6.45) is 3.63. The van der Waals surface area contributed by atoms with Crippen molar-refractivity contribution in [2.24, 2.45) is 5.92 Å². The van der Waals surface area contributed by atoms with Crippen molar-refractivity contribution < 1.29 is 23.9 Å². The van der Waals surface area contributed by atoms with Gasteiger partial charge in [-0.1, -0.05) is 60.3 Å². The number of nitrogens with zero attached hydrogens (tertiary/aromatic N) is 2. The summed E-state index contributed by atoms with van der Waals surface area (Å²) in [6, 6.07) is 22.2. The fourth-order valence-electron chi connectivity index (χ4n) is 5.30. The predicted molar refractivity (Wildman–Crippen MR) is 139 cm³/mol. The van der Waals surface area contributed by atoms with E-state index in [1.54, 1.807) is 27.8 Å². The van der Waals surface area contributed by atoms with Crippen LogP contribution in [0.25, 0.3) is 6.08 Å². The number of benzene rings is 3. The molecule has 0 bridgehead atoms. The van der Waals surface area contributed by atoms with Crippen molar-refractivity contribution in [2.45, 2.75) is 15.8 Å². The van der Waals surface area contributed by atoms with Crippen LogP contribution in [0, 0.1) is 5.92 Å². The van der Waals surface area contributed by atoms with Crippen molar-refractivity contribution in [2.75, 3.05) is 19.1 Å². The average molecular weight is 511 g/mol. The Labute approximate surface area is 218 Å². The number of carbonyl (C=O) groups is 3. The summed E-state index contributed by atoms with van der Waals surface area (Å²) in [5, 5.41) is 0. The highest BCUT2D eigenvalue weighted by Gasteiger charge is 2.53. The minimum absolute atomic E-state index is 0.0149. The van der Waals surface area contributed by atoms with Crippen LogP contribution in [-0.2, 0) is 23.9 Å². The molecule has 2 atom stereocenters. The normalized spacial score (nSPS) is 19.0. The molecular weight excluding hydrogens is 488 g/mol. The summed E-state index contributed by atoms with van der Waals surface area (Å²) < 4.78 is 10.3. The van der Waals surface area contributed by atoms with E-state index in [9.17, 15) is 14.4 Å². The molecule has 0 saturated heterocycles. The lowest BCUT2D eigenvalue weighted by Crippen LogP contribution is -2.36. The van der Waals surface area contributed by atoms with Crippen LogP contribution in [0.3, 0.4) is 0 Å². The Hall–Kier alpha value is -4.30. The number of para-hydroxylation sites is 2. The summed E-state index contributed by atoms with van der Waals surface area (Å²) in [7, 11) is 2.52. The maximum absolute atomic E-state index is 14.6. The minimum atomic E-state index is -1.05. The van der Waals surface area contributed by atoms with Gasteiger partial charge >= 0.3 is 11.9 Å². The van der Waals surface area contributed by atoms with Gasteiger partial charge in [0.25, 0.3) is 5.91 Å². The summed E-state index contributed by atoms with van der Waals surface area (Å²) in [4.78, 5) is 46.2. The number of carbonyl (C=O) groups excluding carboxylic acids is 3. The first-order valence-corrected chi connectivity index (χ1v) is 12.5. The summed E-state index contributed by atoms with van der Waals surface area (Å²) in [5.41, 5.74) is 3.20. The van der Waals surface area contributed by atoms with Gasteiger partial charge in [-0.3, -0.25) is 14.5 Å². The molecule has 0 fully saturated rings. The lowest BCUT2D eigenvalue weighted by Gasteiger charge is -2.35. The van der Waals surface area contributed by atoms with Crippen LogP contribution in [0.1, 0.15) is 17.2 Å². The molecule has 2 unspecified atom stereocenters. The van der Waals surface area contributed by atoms with Crippen molar-refractivity contribution in [3.63, 3.8) is 0 Å². The van der Waals surface area contributed by atoms with E-state index >= 15 is 0 Å². The molecule has 184 valence electrons. The van der Waals surface area contributed by atoms with Crippen molar-refractivity contribution >= 4 is 47.1 Å². The first kappa shape index (κ1) is 23.1. The number of anilines is 2. The number of esters is 2. The van der Waals surface area contributed by atoms with Crippen molar-refractivity contribution in [3.05, 3.63) is 101 Å². The molecule has 37 heavy (non-hydrogen) atoms.